The summed E-state index contributed by atoms with van der Waals surface area (Å²) >= 11 is 6.31. The molecule has 1 atom stereocenters. The molecule has 2 heterocycles. The third-order valence-electron chi connectivity index (χ3n) is 4.00. The molecule has 0 radical (unpaired) electrons. The van der Waals surface area contributed by atoms with Crippen LogP contribution in [-0.4, -0.2) is 58.8 Å². The number of piperazine rings is 1. The zero-order chi connectivity index (χ0) is 16.6. The molecule has 2 amide bonds. The van der Waals surface area contributed by atoms with Crippen LogP contribution in [0.2, 0.25) is 0 Å². The molecule has 1 saturated heterocycles. The molecule has 1 aromatic rings. The summed E-state index contributed by atoms with van der Waals surface area (Å²) in [4.78, 5) is 25.8. The first-order chi connectivity index (χ1) is 11.0. The first kappa shape index (κ1) is 18.5. The highest BCUT2D eigenvalue weighted by Gasteiger charge is 2.30. The van der Waals surface area contributed by atoms with Crippen molar-refractivity contribution in [2.45, 2.75) is 5.38 Å². The molecule has 1 unspecified atom stereocenters. The van der Waals surface area contributed by atoms with Crippen molar-refractivity contribution in [3.05, 3.63) is 29.3 Å². The molecule has 0 aromatic heterocycles. The Morgan fingerprint density at radius 2 is 2.00 bits per heavy atom. The number of anilines is 1. The highest BCUT2D eigenvalue weighted by Crippen LogP contribution is 2.31. The van der Waals surface area contributed by atoms with Gasteiger partial charge in [-0.3, -0.25) is 15.4 Å². The molecule has 4 N–H and O–H groups in total. The Kier molecular flexibility index (Phi) is 5.66. The summed E-state index contributed by atoms with van der Waals surface area (Å²) in [6.07, 6.45) is 0. The summed E-state index contributed by atoms with van der Waals surface area (Å²) in [7, 11) is 0. The molecule has 8 nitrogen and oxygen atoms in total. The van der Waals surface area contributed by atoms with E-state index in [1.807, 2.05) is 0 Å². The number of halogens is 2. The maximum absolute atomic E-state index is 12.5. The molecule has 1 aromatic carbocycles. The van der Waals surface area contributed by atoms with Gasteiger partial charge in [0.1, 0.15) is 5.38 Å². The van der Waals surface area contributed by atoms with Gasteiger partial charge in [-0.05, 0) is 11.6 Å². The Hall–Kier alpha value is -1.87. The maximum Gasteiger partial charge on any atom is 0.278 e. The Bertz CT molecular complexity index is 689. The molecular formula is C14H17Cl2N5O3. The van der Waals surface area contributed by atoms with Crippen LogP contribution in [0.1, 0.15) is 16.5 Å². The second kappa shape index (κ2) is 7.35. The van der Waals surface area contributed by atoms with Gasteiger partial charge < -0.3 is 15.4 Å². The van der Waals surface area contributed by atoms with E-state index < -0.39 is 11.3 Å². The number of carbonyl (C=O) groups excluding carboxylic acids is 2. The number of benzene rings is 1. The van der Waals surface area contributed by atoms with Crippen LogP contribution in [0.5, 0.6) is 0 Å². The van der Waals surface area contributed by atoms with Crippen LogP contribution in [0.25, 0.3) is 0 Å². The van der Waals surface area contributed by atoms with Crippen molar-refractivity contribution < 1.29 is 14.8 Å². The van der Waals surface area contributed by atoms with E-state index in [0.29, 0.717) is 43.0 Å². The van der Waals surface area contributed by atoms with E-state index >= 15 is 0 Å². The zero-order valence-electron chi connectivity index (χ0n) is 12.6. The van der Waals surface area contributed by atoms with Crippen molar-refractivity contribution in [1.82, 2.24) is 9.91 Å². The number of fused-ring (bicyclic) bond motifs is 1. The predicted octanol–water partition coefficient (Wildman–Crippen LogP) is 0.537. The summed E-state index contributed by atoms with van der Waals surface area (Å²) in [5, 5.41) is 15.2. The first-order valence-electron chi connectivity index (χ1n) is 7.11. The number of rotatable bonds is 2. The van der Waals surface area contributed by atoms with Crippen LogP contribution < -0.4 is 11.2 Å². The van der Waals surface area contributed by atoms with Gasteiger partial charge in [-0.15, -0.1) is 24.0 Å². The highest BCUT2D eigenvalue weighted by molar-refractivity contribution is 6.53. The number of hydrogen-bond acceptors (Lipinski definition) is 6. The number of nitrogens with one attached hydrogen (secondary N) is 1. The fourth-order valence-corrected chi connectivity index (χ4v) is 2.95. The quantitative estimate of drug-likeness (QED) is 0.303. The lowest BCUT2D eigenvalue weighted by Crippen LogP contribution is -2.51. The van der Waals surface area contributed by atoms with Crippen molar-refractivity contribution in [2.24, 2.45) is 11.0 Å². The Balaban J connectivity index is 0.00000208. The zero-order valence-corrected chi connectivity index (χ0v) is 14.2. The number of nitrogens with two attached hydrogens (primary N) is 1. The minimum Gasteiger partial charge on any atom is -0.410 e. The van der Waals surface area contributed by atoms with Gasteiger partial charge in [0.25, 0.3) is 5.91 Å². The van der Waals surface area contributed by atoms with Crippen LogP contribution >= 0.6 is 24.0 Å². The van der Waals surface area contributed by atoms with Crippen LogP contribution in [0.15, 0.2) is 23.4 Å². The fourth-order valence-electron chi connectivity index (χ4n) is 2.68. The minimum atomic E-state index is -0.850. The highest BCUT2D eigenvalue weighted by atomic mass is 35.5. The van der Waals surface area contributed by atoms with Gasteiger partial charge in [-0.1, -0.05) is 17.3 Å². The van der Waals surface area contributed by atoms with Crippen molar-refractivity contribution >= 4 is 47.2 Å². The summed E-state index contributed by atoms with van der Waals surface area (Å²) in [6, 6.07) is 4.89. The lowest BCUT2D eigenvalue weighted by Gasteiger charge is -2.33. The number of hydrogen-bond donors (Lipinski definition) is 3. The molecule has 0 bridgehead atoms. The van der Waals surface area contributed by atoms with E-state index in [-0.39, 0.29) is 24.0 Å². The number of alkyl halides is 1. The van der Waals surface area contributed by atoms with Crippen molar-refractivity contribution in [3.63, 3.8) is 0 Å². The normalized spacial score (nSPS) is 20.3. The molecule has 130 valence electrons. The number of amides is 2. The lowest BCUT2D eigenvalue weighted by atomic mass is 10.0. The molecule has 0 saturated carbocycles. The van der Waals surface area contributed by atoms with Crippen LogP contribution in [0, 0.1) is 0 Å². The third-order valence-corrected chi connectivity index (χ3v) is 4.44. The molecule has 2 aliphatic heterocycles. The van der Waals surface area contributed by atoms with E-state index in [1.54, 1.807) is 28.1 Å². The van der Waals surface area contributed by atoms with Gasteiger partial charge in [-0.2, -0.15) is 0 Å². The summed E-state index contributed by atoms with van der Waals surface area (Å²) in [5.74, 6) is 4.99. The predicted molar refractivity (Wildman–Crippen MR) is 91.6 cm³/mol. The van der Waals surface area contributed by atoms with Crippen molar-refractivity contribution in [2.75, 3.05) is 31.5 Å². The van der Waals surface area contributed by atoms with E-state index in [0.717, 1.165) is 0 Å². The number of hydrazine groups is 1. The molecular weight excluding hydrogens is 357 g/mol. The molecule has 10 heteroatoms. The molecule has 2 aliphatic rings. The molecule has 24 heavy (non-hydrogen) atoms. The largest absolute Gasteiger partial charge is 0.410 e. The smallest absolute Gasteiger partial charge is 0.278 e. The van der Waals surface area contributed by atoms with Crippen LogP contribution in [0.3, 0.4) is 0 Å². The second-order valence-corrected chi connectivity index (χ2v) is 5.87. The summed E-state index contributed by atoms with van der Waals surface area (Å²) in [6.45, 7) is 2.26. The summed E-state index contributed by atoms with van der Waals surface area (Å²) < 4.78 is 0. The van der Waals surface area contributed by atoms with Crippen molar-refractivity contribution in [1.29, 1.82) is 0 Å². The van der Waals surface area contributed by atoms with E-state index in [4.69, 9.17) is 22.7 Å². The van der Waals surface area contributed by atoms with Crippen molar-refractivity contribution in [3.8, 4) is 0 Å². The van der Waals surface area contributed by atoms with E-state index in [2.05, 4.69) is 10.5 Å². The summed E-state index contributed by atoms with van der Waals surface area (Å²) in [5.41, 5.74) is 1.48. The van der Waals surface area contributed by atoms with Gasteiger partial charge >= 0.3 is 0 Å². The number of nitrogens with zero attached hydrogens (tertiary/aromatic N) is 3. The van der Waals surface area contributed by atoms with Gasteiger partial charge in [0.15, 0.2) is 5.71 Å². The fraction of sp³-hybridized carbons (Fsp3) is 0.357. The Morgan fingerprint density at radius 1 is 1.33 bits per heavy atom. The Labute approximate surface area is 149 Å². The topological polar surface area (TPSA) is 111 Å². The van der Waals surface area contributed by atoms with Crippen LogP contribution in [-0.2, 0) is 9.59 Å². The SMILES string of the molecule is Cl.NN1CCN(C(=O)C(Cl)c2ccc3c(c2)NC(=O)C3=NO)CC1. The average molecular weight is 374 g/mol. The van der Waals surface area contributed by atoms with Gasteiger partial charge in [0, 0.05) is 31.7 Å². The van der Waals surface area contributed by atoms with Gasteiger partial charge in [-0.25, -0.2) is 5.01 Å². The number of oxime groups is 1. The number of carbonyl (C=O) groups is 2. The first-order valence-corrected chi connectivity index (χ1v) is 7.55. The average Bonchev–Trinajstić information content (AvgIpc) is 2.88. The van der Waals surface area contributed by atoms with E-state index in [1.165, 1.54) is 0 Å². The standard InChI is InChI=1S/C14H16ClN5O3.ClH/c15-11(14(22)19-3-5-20(16)6-4-19)8-1-2-9-10(7-8)17-13(21)12(9)18-23;/h1-2,7,11,23H,3-6,16H2,(H,17,18,21);1H. The molecule has 0 spiro atoms. The van der Waals surface area contributed by atoms with Crippen LogP contribution in [0.4, 0.5) is 5.69 Å². The second-order valence-electron chi connectivity index (χ2n) is 5.43. The minimum absolute atomic E-state index is 0. The molecule has 1 fully saturated rings. The maximum atomic E-state index is 12.5. The lowest BCUT2D eigenvalue weighted by molar-refractivity contribution is -0.132. The monoisotopic (exact) mass is 373 g/mol. The van der Waals surface area contributed by atoms with E-state index in [9.17, 15) is 9.59 Å². The van der Waals surface area contributed by atoms with Gasteiger partial charge in [0.2, 0.25) is 5.91 Å². The molecule has 3 rings (SSSR count). The third kappa shape index (κ3) is 3.32. The van der Waals surface area contributed by atoms with Gasteiger partial charge in [0.05, 0.1) is 5.69 Å². The molecule has 0 aliphatic carbocycles. The Morgan fingerprint density at radius 3 is 2.62 bits per heavy atom.